The molecule has 0 bridgehead atoms. The van der Waals surface area contributed by atoms with E-state index in [1.54, 1.807) is 7.11 Å². The second kappa shape index (κ2) is 3.40. The first-order chi connectivity index (χ1) is 6.74. The van der Waals surface area contributed by atoms with E-state index in [0.717, 1.165) is 30.8 Å². The largest absolute Gasteiger partial charge is 0.495 e. The molecule has 0 saturated heterocycles. The van der Waals surface area contributed by atoms with Crippen molar-refractivity contribution in [1.29, 1.82) is 0 Å². The Morgan fingerprint density at radius 1 is 1.50 bits per heavy atom. The minimum Gasteiger partial charge on any atom is -0.495 e. The van der Waals surface area contributed by atoms with Gasteiger partial charge < -0.3 is 15.8 Å². The van der Waals surface area contributed by atoms with Gasteiger partial charge in [0.1, 0.15) is 5.75 Å². The molecule has 0 spiro atoms. The SMILES string of the molecule is COc1cc(C)c2c(c1N)CCCN2. The third-order valence-electron chi connectivity index (χ3n) is 2.76. The number of hydrogen-bond donors (Lipinski definition) is 2. The van der Waals surface area contributed by atoms with E-state index in [9.17, 15) is 0 Å². The van der Waals surface area contributed by atoms with Crippen LogP contribution >= 0.6 is 0 Å². The summed E-state index contributed by atoms with van der Waals surface area (Å²) in [6.45, 7) is 3.12. The van der Waals surface area contributed by atoms with Crippen molar-refractivity contribution in [2.45, 2.75) is 19.8 Å². The minimum absolute atomic E-state index is 0.792. The third-order valence-corrected chi connectivity index (χ3v) is 2.76. The number of aryl methyl sites for hydroxylation is 1. The van der Waals surface area contributed by atoms with Crippen molar-refractivity contribution < 1.29 is 4.74 Å². The molecule has 0 atom stereocenters. The Balaban J connectivity index is 2.58. The first-order valence-electron chi connectivity index (χ1n) is 4.94. The second-order valence-corrected chi connectivity index (χ2v) is 3.69. The predicted molar refractivity (Wildman–Crippen MR) is 59.0 cm³/mol. The van der Waals surface area contributed by atoms with Gasteiger partial charge in [-0.2, -0.15) is 0 Å². The van der Waals surface area contributed by atoms with E-state index in [4.69, 9.17) is 10.5 Å². The Morgan fingerprint density at radius 2 is 2.29 bits per heavy atom. The number of fused-ring (bicyclic) bond motifs is 1. The number of nitrogens with one attached hydrogen (secondary N) is 1. The summed E-state index contributed by atoms with van der Waals surface area (Å²) in [6, 6.07) is 1.99. The third kappa shape index (κ3) is 1.29. The number of nitrogens with two attached hydrogens (primary N) is 1. The molecule has 0 fully saturated rings. The van der Waals surface area contributed by atoms with Crippen molar-refractivity contribution in [2.24, 2.45) is 0 Å². The van der Waals surface area contributed by atoms with Gasteiger partial charge in [-0.25, -0.2) is 0 Å². The number of benzene rings is 1. The van der Waals surface area contributed by atoms with Gasteiger partial charge in [-0.3, -0.25) is 0 Å². The Hall–Kier alpha value is -1.38. The standard InChI is InChI=1S/C11H16N2O/c1-7-6-9(14-2)10(12)8-4-3-5-13-11(7)8/h6,13H,3-5,12H2,1-2H3. The van der Waals surface area contributed by atoms with E-state index >= 15 is 0 Å². The Morgan fingerprint density at radius 3 is 3.00 bits per heavy atom. The lowest BCUT2D eigenvalue weighted by Crippen LogP contribution is -2.15. The van der Waals surface area contributed by atoms with Crippen LogP contribution in [0.5, 0.6) is 5.75 Å². The highest BCUT2D eigenvalue weighted by molar-refractivity contribution is 5.74. The van der Waals surface area contributed by atoms with Crippen LogP contribution in [0, 0.1) is 6.92 Å². The monoisotopic (exact) mass is 192 g/mol. The molecule has 14 heavy (non-hydrogen) atoms. The molecule has 76 valence electrons. The lowest BCUT2D eigenvalue weighted by Gasteiger charge is -2.23. The van der Waals surface area contributed by atoms with Crippen molar-refractivity contribution >= 4 is 11.4 Å². The highest BCUT2D eigenvalue weighted by atomic mass is 16.5. The van der Waals surface area contributed by atoms with Crippen LogP contribution in [0.1, 0.15) is 17.5 Å². The summed E-state index contributed by atoms with van der Waals surface area (Å²) in [5.41, 5.74) is 10.4. The molecular weight excluding hydrogens is 176 g/mol. The van der Waals surface area contributed by atoms with E-state index in [0.29, 0.717) is 0 Å². The predicted octanol–water partition coefficient (Wildman–Crippen LogP) is 1.94. The number of nitrogen functional groups attached to an aromatic ring is 1. The summed E-state index contributed by atoms with van der Waals surface area (Å²) < 4.78 is 5.24. The zero-order valence-corrected chi connectivity index (χ0v) is 8.68. The number of methoxy groups -OCH3 is 1. The Kier molecular flexibility index (Phi) is 2.23. The normalized spacial score (nSPS) is 14.4. The molecule has 0 saturated carbocycles. The summed E-state index contributed by atoms with van der Waals surface area (Å²) in [5.74, 6) is 0.796. The lowest BCUT2D eigenvalue weighted by atomic mass is 9.97. The molecule has 1 aliphatic heterocycles. The first kappa shape index (κ1) is 9.19. The van der Waals surface area contributed by atoms with Crippen LogP contribution in [0.3, 0.4) is 0 Å². The fraction of sp³-hybridized carbons (Fsp3) is 0.455. The molecule has 0 radical (unpaired) electrons. The maximum atomic E-state index is 6.02. The zero-order chi connectivity index (χ0) is 10.1. The van der Waals surface area contributed by atoms with Crippen LogP contribution in [0.4, 0.5) is 11.4 Å². The van der Waals surface area contributed by atoms with Gasteiger partial charge in [0.15, 0.2) is 0 Å². The van der Waals surface area contributed by atoms with Gasteiger partial charge in [0, 0.05) is 17.8 Å². The fourth-order valence-electron chi connectivity index (χ4n) is 2.02. The summed E-state index contributed by atoms with van der Waals surface area (Å²) >= 11 is 0. The summed E-state index contributed by atoms with van der Waals surface area (Å²) in [7, 11) is 1.66. The smallest absolute Gasteiger partial charge is 0.142 e. The van der Waals surface area contributed by atoms with Crippen molar-refractivity contribution in [1.82, 2.24) is 0 Å². The van der Waals surface area contributed by atoms with Crippen LogP contribution in [-0.4, -0.2) is 13.7 Å². The maximum absolute atomic E-state index is 6.02. The quantitative estimate of drug-likeness (QED) is 0.668. The molecule has 3 N–H and O–H groups in total. The van der Waals surface area contributed by atoms with E-state index in [2.05, 4.69) is 12.2 Å². The van der Waals surface area contributed by atoms with Gasteiger partial charge >= 0.3 is 0 Å². The number of rotatable bonds is 1. The van der Waals surface area contributed by atoms with Crippen LogP contribution in [0.15, 0.2) is 6.07 Å². The molecule has 0 aromatic heterocycles. The number of ether oxygens (including phenoxy) is 1. The minimum atomic E-state index is 0.792. The second-order valence-electron chi connectivity index (χ2n) is 3.69. The fourth-order valence-corrected chi connectivity index (χ4v) is 2.02. The molecule has 0 aliphatic carbocycles. The average molecular weight is 192 g/mol. The van der Waals surface area contributed by atoms with Gasteiger partial charge in [0.2, 0.25) is 0 Å². The van der Waals surface area contributed by atoms with Gasteiger partial charge in [-0.05, 0) is 31.4 Å². The first-order valence-corrected chi connectivity index (χ1v) is 4.94. The number of anilines is 2. The van der Waals surface area contributed by atoms with Crippen LogP contribution in [0.2, 0.25) is 0 Å². The van der Waals surface area contributed by atoms with E-state index in [1.165, 1.54) is 16.8 Å². The van der Waals surface area contributed by atoms with Crippen LogP contribution in [-0.2, 0) is 6.42 Å². The molecule has 1 aromatic carbocycles. The molecular formula is C11H16N2O. The van der Waals surface area contributed by atoms with E-state index in [1.807, 2.05) is 6.07 Å². The maximum Gasteiger partial charge on any atom is 0.142 e. The highest BCUT2D eigenvalue weighted by Gasteiger charge is 2.17. The van der Waals surface area contributed by atoms with Crippen molar-refractivity contribution in [3.8, 4) is 5.75 Å². The highest BCUT2D eigenvalue weighted by Crippen LogP contribution is 2.37. The summed E-state index contributed by atoms with van der Waals surface area (Å²) in [5, 5.41) is 3.39. The zero-order valence-electron chi connectivity index (χ0n) is 8.68. The van der Waals surface area contributed by atoms with Crippen LogP contribution in [0.25, 0.3) is 0 Å². The Bertz CT molecular complexity index is 361. The van der Waals surface area contributed by atoms with Crippen molar-refractivity contribution in [2.75, 3.05) is 24.7 Å². The summed E-state index contributed by atoms with van der Waals surface area (Å²) in [4.78, 5) is 0. The van der Waals surface area contributed by atoms with Crippen molar-refractivity contribution in [3.63, 3.8) is 0 Å². The summed E-state index contributed by atoms with van der Waals surface area (Å²) in [6.07, 6.45) is 2.19. The molecule has 2 rings (SSSR count). The van der Waals surface area contributed by atoms with Gasteiger partial charge in [0.25, 0.3) is 0 Å². The average Bonchev–Trinajstić information content (AvgIpc) is 2.23. The molecule has 0 amide bonds. The lowest BCUT2D eigenvalue weighted by molar-refractivity contribution is 0.416. The van der Waals surface area contributed by atoms with Gasteiger partial charge in [0.05, 0.1) is 12.8 Å². The van der Waals surface area contributed by atoms with Gasteiger partial charge in [-0.15, -0.1) is 0 Å². The van der Waals surface area contributed by atoms with Gasteiger partial charge in [-0.1, -0.05) is 0 Å². The number of hydrogen-bond acceptors (Lipinski definition) is 3. The topological polar surface area (TPSA) is 47.3 Å². The van der Waals surface area contributed by atoms with Crippen LogP contribution < -0.4 is 15.8 Å². The van der Waals surface area contributed by atoms with E-state index < -0.39 is 0 Å². The molecule has 0 unspecified atom stereocenters. The molecule has 1 heterocycles. The molecule has 1 aromatic rings. The van der Waals surface area contributed by atoms with E-state index in [-0.39, 0.29) is 0 Å². The van der Waals surface area contributed by atoms with Crippen molar-refractivity contribution in [3.05, 3.63) is 17.2 Å². The molecule has 3 heteroatoms. The Labute approximate surface area is 84.3 Å². The molecule has 3 nitrogen and oxygen atoms in total. The molecule has 1 aliphatic rings.